The summed E-state index contributed by atoms with van der Waals surface area (Å²) < 4.78 is 0. The number of carbonyl (C=O) groups excluding carboxylic acids is 1. The Labute approximate surface area is 182 Å². The van der Waals surface area contributed by atoms with Crippen LogP contribution in [0.2, 0.25) is 0 Å². The normalized spacial score (nSPS) is 22.5. The van der Waals surface area contributed by atoms with Crippen LogP contribution in [0.3, 0.4) is 0 Å². The van der Waals surface area contributed by atoms with Crippen molar-refractivity contribution in [2.45, 2.75) is 58.4 Å². The molecule has 0 aliphatic carbocycles. The van der Waals surface area contributed by atoms with Crippen LogP contribution in [0.5, 0.6) is 0 Å². The van der Waals surface area contributed by atoms with E-state index in [1.165, 1.54) is 32.4 Å². The quantitative estimate of drug-likeness (QED) is 0.339. The first kappa shape index (κ1) is 24.5. The molecule has 2 rings (SSSR count). The van der Waals surface area contributed by atoms with Crippen molar-refractivity contribution >= 4 is 35.8 Å². The molecule has 1 unspecified atom stereocenters. The van der Waals surface area contributed by atoms with E-state index in [4.69, 9.17) is 0 Å². The summed E-state index contributed by atoms with van der Waals surface area (Å²) in [5.74, 6) is 2.41. The van der Waals surface area contributed by atoms with Crippen molar-refractivity contribution in [1.29, 1.82) is 0 Å². The zero-order valence-corrected chi connectivity index (χ0v) is 20.0. The number of halogens is 1. The van der Waals surface area contributed by atoms with Crippen LogP contribution >= 0.6 is 24.0 Å². The summed E-state index contributed by atoms with van der Waals surface area (Å²) in [4.78, 5) is 21.1. The molecule has 2 heterocycles. The zero-order valence-electron chi connectivity index (χ0n) is 17.7. The van der Waals surface area contributed by atoms with Crippen molar-refractivity contribution in [3.8, 4) is 0 Å². The van der Waals surface area contributed by atoms with Crippen molar-refractivity contribution in [3.05, 3.63) is 0 Å². The first-order valence-electron chi connectivity index (χ1n) is 10.4. The zero-order chi connectivity index (χ0) is 18.9. The summed E-state index contributed by atoms with van der Waals surface area (Å²) in [6.07, 6.45) is 6.74. The molecule has 0 bridgehead atoms. The maximum Gasteiger partial charge on any atom is 0.220 e. The monoisotopic (exact) mass is 493 g/mol. The van der Waals surface area contributed by atoms with E-state index in [0.717, 1.165) is 38.4 Å². The fraction of sp³-hybridized carbons (Fsp3) is 0.900. The van der Waals surface area contributed by atoms with Gasteiger partial charge in [0.1, 0.15) is 0 Å². The van der Waals surface area contributed by atoms with E-state index < -0.39 is 0 Å². The summed E-state index contributed by atoms with van der Waals surface area (Å²) >= 11 is 0. The number of carbonyl (C=O) groups is 1. The van der Waals surface area contributed by atoms with Gasteiger partial charge in [0.25, 0.3) is 0 Å². The lowest BCUT2D eigenvalue weighted by Gasteiger charge is -2.39. The molecule has 0 aromatic carbocycles. The smallest absolute Gasteiger partial charge is 0.220 e. The van der Waals surface area contributed by atoms with Crippen LogP contribution in [0.15, 0.2) is 4.99 Å². The van der Waals surface area contributed by atoms with Gasteiger partial charge < -0.3 is 15.5 Å². The number of hydrogen-bond acceptors (Lipinski definition) is 3. The fourth-order valence-electron chi connectivity index (χ4n) is 4.26. The van der Waals surface area contributed by atoms with E-state index >= 15 is 0 Å². The standard InChI is InChI=1S/C20H39N5O.HI/c1-16(2)15-25-10-6-5-7-18(25)14-23-20(22-4)24-11-8-17(9-12-24)13-19(26)21-3;/h16-18H,5-15H2,1-4H3,(H,21,26)(H,22,23);1H. The molecule has 2 N–H and O–H groups in total. The third-order valence-corrected chi connectivity index (χ3v) is 5.72. The molecule has 0 aromatic rings. The summed E-state index contributed by atoms with van der Waals surface area (Å²) in [6.45, 7) is 9.99. The second-order valence-electron chi connectivity index (χ2n) is 8.27. The number of rotatable bonds is 6. The van der Waals surface area contributed by atoms with Crippen molar-refractivity contribution in [2.24, 2.45) is 16.8 Å². The van der Waals surface area contributed by atoms with E-state index in [1.807, 2.05) is 7.05 Å². The minimum Gasteiger partial charge on any atom is -0.359 e. The number of hydrogen-bond donors (Lipinski definition) is 2. The Balaban J connectivity index is 0.00000364. The summed E-state index contributed by atoms with van der Waals surface area (Å²) in [5, 5.41) is 6.37. The van der Waals surface area contributed by atoms with Crippen LogP contribution in [0, 0.1) is 11.8 Å². The SMILES string of the molecule is CN=C(NCC1CCCCN1CC(C)C)N1CCC(CC(=O)NC)CC1.I. The molecule has 0 saturated carbocycles. The highest BCUT2D eigenvalue weighted by Gasteiger charge is 2.26. The number of piperidine rings is 2. The molecule has 1 atom stereocenters. The van der Waals surface area contributed by atoms with E-state index in [2.05, 4.69) is 39.3 Å². The average molecular weight is 493 g/mol. The first-order valence-corrected chi connectivity index (χ1v) is 10.4. The minimum absolute atomic E-state index is 0. The Morgan fingerprint density at radius 1 is 1.15 bits per heavy atom. The molecule has 1 amide bonds. The van der Waals surface area contributed by atoms with Gasteiger partial charge in [-0.25, -0.2) is 0 Å². The Kier molecular flexibility index (Phi) is 11.6. The maximum atomic E-state index is 11.6. The largest absolute Gasteiger partial charge is 0.359 e. The molecular formula is C20H40IN5O. The first-order chi connectivity index (χ1) is 12.5. The maximum absolute atomic E-state index is 11.6. The number of likely N-dealkylation sites (tertiary alicyclic amines) is 2. The third-order valence-electron chi connectivity index (χ3n) is 5.72. The third kappa shape index (κ3) is 8.13. The molecule has 0 aromatic heterocycles. The van der Waals surface area contributed by atoms with Crippen LogP contribution in [0.4, 0.5) is 0 Å². The van der Waals surface area contributed by atoms with Gasteiger partial charge in [-0.1, -0.05) is 20.3 Å². The van der Waals surface area contributed by atoms with Gasteiger partial charge in [0, 0.05) is 52.7 Å². The average Bonchev–Trinajstić information content (AvgIpc) is 2.64. The van der Waals surface area contributed by atoms with Crippen LogP contribution in [0.1, 0.15) is 52.4 Å². The molecule has 0 spiro atoms. The van der Waals surface area contributed by atoms with Gasteiger partial charge in [0.2, 0.25) is 5.91 Å². The van der Waals surface area contributed by atoms with Crippen molar-refractivity contribution < 1.29 is 4.79 Å². The van der Waals surface area contributed by atoms with Crippen molar-refractivity contribution in [2.75, 3.05) is 46.8 Å². The van der Waals surface area contributed by atoms with Gasteiger partial charge >= 0.3 is 0 Å². The molecule has 2 saturated heterocycles. The Bertz CT molecular complexity index is 463. The Morgan fingerprint density at radius 2 is 1.85 bits per heavy atom. The number of nitrogens with zero attached hydrogens (tertiary/aromatic N) is 3. The lowest BCUT2D eigenvalue weighted by Crippen LogP contribution is -2.52. The van der Waals surface area contributed by atoms with Gasteiger partial charge in [-0.05, 0) is 44.1 Å². The molecule has 7 heteroatoms. The van der Waals surface area contributed by atoms with Gasteiger partial charge in [-0.2, -0.15) is 0 Å². The summed E-state index contributed by atoms with van der Waals surface area (Å²) in [7, 11) is 3.60. The predicted molar refractivity (Wildman–Crippen MR) is 124 cm³/mol. The van der Waals surface area contributed by atoms with Crippen LogP contribution in [-0.4, -0.2) is 74.5 Å². The number of amides is 1. The lowest BCUT2D eigenvalue weighted by molar-refractivity contribution is -0.121. The molecular weight excluding hydrogens is 453 g/mol. The van der Waals surface area contributed by atoms with Crippen molar-refractivity contribution in [1.82, 2.24) is 20.4 Å². The van der Waals surface area contributed by atoms with Gasteiger partial charge in [0.15, 0.2) is 5.96 Å². The minimum atomic E-state index is 0. The van der Waals surface area contributed by atoms with E-state index in [0.29, 0.717) is 24.3 Å². The molecule has 2 aliphatic heterocycles. The summed E-state index contributed by atoms with van der Waals surface area (Å²) in [6, 6.07) is 0.619. The van der Waals surface area contributed by atoms with Crippen LogP contribution in [0.25, 0.3) is 0 Å². The molecule has 158 valence electrons. The molecule has 2 aliphatic rings. The van der Waals surface area contributed by atoms with Crippen molar-refractivity contribution in [3.63, 3.8) is 0 Å². The second-order valence-corrected chi connectivity index (χ2v) is 8.27. The van der Waals surface area contributed by atoms with Gasteiger partial charge in [-0.3, -0.25) is 14.7 Å². The Hall–Kier alpha value is -0.570. The molecule has 2 fully saturated rings. The number of guanidine groups is 1. The molecule has 0 radical (unpaired) electrons. The highest BCUT2D eigenvalue weighted by Crippen LogP contribution is 2.21. The summed E-state index contributed by atoms with van der Waals surface area (Å²) in [5.41, 5.74) is 0. The lowest BCUT2D eigenvalue weighted by atomic mass is 9.93. The number of nitrogens with one attached hydrogen (secondary N) is 2. The molecule has 27 heavy (non-hydrogen) atoms. The second kappa shape index (κ2) is 12.8. The van der Waals surface area contributed by atoms with Crippen LogP contribution < -0.4 is 10.6 Å². The van der Waals surface area contributed by atoms with E-state index in [1.54, 1.807) is 7.05 Å². The highest BCUT2D eigenvalue weighted by molar-refractivity contribution is 14.0. The highest BCUT2D eigenvalue weighted by atomic mass is 127. The van der Waals surface area contributed by atoms with E-state index in [9.17, 15) is 4.79 Å². The predicted octanol–water partition coefficient (Wildman–Crippen LogP) is 2.54. The Morgan fingerprint density at radius 3 is 2.44 bits per heavy atom. The van der Waals surface area contributed by atoms with Gasteiger partial charge in [0.05, 0.1) is 0 Å². The fourth-order valence-corrected chi connectivity index (χ4v) is 4.26. The molecule has 6 nitrogen and oxygen atoms in total. The topological polar surface area (TPSA) is 60.0 Å². The number of aliphatic imine (C=N–C) groups is 1. The van der Waals surface area contributed by atoms with Gasteiger partial charge in [-0.15, -0.1) is 24.0 Å². The van der Waals surface area contributed by atoms with Crippen LogP contribution in [-0.2, 0) is 4.79 Å². The van der Waals surface area contributed by atoms with E-state index in [-0.39, 0.29) is 29.9 Å².